The van der Waals surface area contributed by atoms with Gasteiger partial charge in [-0.3, -0.25) is 0 Å². The first-order valence-corrected chi connectivity index (χ1v) is 29.3. The van der Waals surface area contributed by atoms with Gasteiger partial charge in [-0.1, -0.05) is 327 Å². The highest BCUT2D eigenvalue weighted by atomic mass is 14.2. The maximum absolute atomic E-state index is 2.60. The molecular weight excluding hydrogens is 733 g/mol. The molecule has 0 aromatic heterocycles. The zero-order valence-corrected chi connectivity index (χ0v) is 43.2. The van der Waals surface area contributed by atoms with Crippen LogP contribution < -0.4 is 0 Å². The molecule has 0 bridgehead atoms. The Bertz CT molecular complexity index is 915. The summed E-state index contributed by atoms with van der Waals surface area (Å²) in [7, 11) is 0. The topological polar surface area (TPSA) is 0 Å². The third-order valence-electron chi connectivity index (χ3n) is 14.5. The van der Waals surface area contributed by atoms with Crippen LogP contribution in [0.15, 0.2) is 12.1 Å². The minimum atomic E-state index is 1.32. The molecule has 0 unspecified atom stereocenters. The third-order valence-corrected chi connectivity index (χ3v) is 14.5. The summed E-state index contributed by atoms with van der Waals surface area (Å²) in [4.78, 5) is 0. The molecule has 0 saturated carbocycles. The van der Waals surface area contributed by atoms with Crippen molar-refractivity contribution in [2.45, 2.75) is 355 Å². The lowest BCUT2D eigenvalue weighted by Gasteiger charge is -2.17. The van der Waals surface area contributed by atoms with E-state index in [-0.39, 0.29) is 0 Å². The normalized spacial score (nSPS) is 11.7. The number of aryl methyl sites for hydroxylation is 3. The molecule has 1 rings (SSSR count). The molecule has 1 aromatic carbocycles. The lowest BCUT2D eigenvalue weighted by molar-refractivity contribution is 0.527. The van der Waals surface area contributed by atoms with Crippen molar-refractivity contribution in [1.82, 2.24) is 0 Å². The summed E-state index contributed by atoms with van der Waals surface area (Å²) < 4.78 is 0. The summed E-state index contributed by atoms with van der Waals surface area (Å²) in [5.74, 6) is 0. The molecule has 0 aliphatic heterocycles. The van der Waals surface area contributed by atoms with E-state index in [1.807, 2.05) is 0 Å². The fourth-order valence-electron chi connectivity index (χ4n) is 10.3. The highest BCUT2D eigenvalue weighted by Gasteiger charge is 2.11. The van der Waals surface area contributed by atoms with Crippen LogP contribution in [0, 0.1) is 6.92 Å². The Labute approximate surface area is 388 Å². The van der Waals surface area contributed by atoms with Gasteiger partial charge in [-0.25, -0.2) is 0 Å². The molecule has 0 saturated heterocycles. The molecule has 0 spiro atoms. The molecule has 0 amide bonds. The van der Waals surface area contributed by atoms with Gasteiger partial charge >= 0.3 is 0 Å². The van der Waals surface area contributed by atoms with Gasteiger partial charge in [-0.2, -0.15) is 0 Å². The van der Waals surface area contributed by atoms with Gasteiger partial charge in [0.05, 0.1) is 0 Å². The van der Waals surface area contributed by atoms with Gasteiger partial charge in [-0.15, -0.1) is 0 Å². The van der Waals surface area contributed by atoms with Crippen molar-refractivity contribution in [2.75, 3.05) is 0 Å². The average molecular weight is 850 g/mol. The van der Waals surface area contributed by atoms with Gasteiger partial charge in [0.2, 0.25) is 0 Å². The highest BCUT2D eigenvalue weighted by Crippen LogP contribution is 2.26. The summed E-state index contributed by atoms with van der Waals surface area (Å²) in [6.07, 6.45) is 73.8. The molecule has 0 heterocycles. The molecule has 360 valence electrons. The molecule has 0 atom stereocenters. The van der Waals surface area contributed by atoms with Crippen LogP contribution in [0.25, 0.3) is 0 Å². The Morgan fingerprint density at radius 2 is 0.377 bits per heavy atom. The van der Waals surface area contributed by atoms with Crippen molar-refractivity contribution < 1.29 is 0 Å². The lowest BCUT2D eigenvalue weighted by atomic mass is 9.88. The predicted octanol–water partition coefficient (Wildman–Crippen LogP) is 22.4. The second-order valence-corrected chi connectivity index (χ2v) is 20.7. The maximum Gasteiger partial charge on any atom is -0.0273 e. The van der Waals surface area contributed by atoms with Crippen molar-refractivity contribution in [1.29, 1.82) is 0 Å². The molecule has 0 radical (unpaired) electrons. The molecule has 0 nitrogen and oxygen atoms in total. The van der Waals surface area contributed by atoms with E-state index >= 15 is 0 Å². The Morgan fingerprint density at radius 1 is 0.213 bits per heavy atom. The monoisotopic (exact) mass is 849 g/mol. The van der Waals surface area contributed by atoms with Crippen molar-refractivity contribution in [2.24, 2.45) is 0 Å². The molecule has 0 N–H and O–H groups in total. The number of rotatable bonds is 51. The number of hydrogen-bond donors (Lipinski definition) is 0. The summed E-state index contributed by atoms with van der Waals surface area (Å²) in [5, 5.41) is 0. The van der Waals surface area contributed by atoms with Crippen LogP contribution in [0.4, 0.5) is 0 Å². The Morgan fingerprint density at radius 3 is 0.574 bits per heavy atom. The smallest absolute Gasteiger partial charge is 0.0273 e. The van der Waals surface area contributed by atoms with Gasteiger partial charge in [0.25, 0.3) is 0 Å². The van der Waals surface area contributed by atoms with Crippen LogP contribution in [0.2, 0.25) is 0 Å². The zero-order chi connectivity index (χ0) is 43.8. The fourth-order valence-corrected chi connectivity index (χ4v) is 10.3. The average Bonchev–Trinajstić information content (AvgIpc) is 3.26. The minimum absolute atomic E-state index is 1.32. The predicted molar refractivity (Wildman–Crippen MR) is 281 cm³/mol. The van der Waals surface area contributed by atoms with E-state index < -0.39 is 0 Å². The number of benzene rings is 1. The van der Waals surface area contributed by atoms with Crippen LogP contribution in [0.5, 0.6) is 0 Å². The zero-order valence-electron chi connectivity index (χ0n) is 43.2. The Kier molecular flexibility index (Phi) is 46.5. The van der Waals surface area contributed by atoms with Crippen LogP contribution in [0.3, 0.4) is 0 Å². The summed E-state index contributed by atoms with van der Waals surface area (Å²) >= 11 is 0. The molecule has 61 heavy (non-hydrogen) atoms. The van der Waals surface area contributed by atoms with E-state index in [1.54, 1.807) is 16.7 Å². The Hall–Kier alpha value is -0.780. The summed E-state index contributed by atoms with van der Waals surface area (Å²) in [6.45, 7) is 9.34. The SMILES string of the molecule is CCCCCCCCCCCCCCCCCCc1cc(C)cc(CCCCCCCCCCCCCCCCCC)c1CCCCCCCCCCCCCCCCCC. The van der Waals surface area contributed by atoms with Gasteiger partial charge in [-0.05, 0) is 62.1 Å². The van der Waals surface area contributed by atoms with E-state index in [2.05, 4.69) is 39.8 Å². The van der Waals surface area contributed by atoms with Crippen molar-refractivity contribution in [3.8, 4) is 0 Å². The first-order chi connectivity index (χ1) is 30.2. The van der Waals surface area contributed by atoms with Crippen molar-refractivity contribution in [3.05, 3.63) is 34.4 Å². The fraction of sp³-hybridized carbons (Fsp3) is 0.902. The van der Waals surface area contributed by atoms with E-state index in [4.69, 9.17) is 0 Å². The van der Waals surface area contributed by atoms with Gasteiger partial charge < -0.3 is 0 Å². The molecule has 1 aromatic rings. The number of unbranched alkanes of at least 4 members (excludes halogenated alkanes) is 45. The quantitative estimate of drug-likeness (QED) is 0.0573. The standard InChI is InChI=1S/C61H116/c1-5-8-11-14-17-20-23-26-29-32-35-38-41-44-47-50-53-59-56-58(4)57-60(54-51-48-45-42-39-36-33-30-27-24-21-18-15-12-9-6-2)61(59)55-52-49-46-43-40-37-34-31-28-25-22-19-16-13-10-7-3/h56-57H,5-55H2,1-4H3. The van der Waals surface area contributed by atoms with Gasteiger partial charge in [0.1, 0.15) is 0 Å². The van der Waals surface area contributed by atoms with E-state index in [1.165, 1.54) is 333 Å². The molecule has 0 heteroatoms. The van der Waals surface area contributed by atoms with Crippen LogP contribution in [-0.2, 0) is 19.3 Å². The minimum Gasteiger partial charge on any atom is -0.0654 e. The largest absolute Gasteiger partial charge is 0.0654 e. The first kappa shape index (κ1) is 58.2. The first-order valence-electron chi connectivity index (χ1n) is 29.3. The van der Waals surface area contributed by atoms with Crippen LogP contribution >= 0.6 is 0 Å². The van der Waals surface area contributed by atoms with E-state index in [0.717, 1.165) is 0 Å². The van der Waals surface area contributed by atoms with Crippen molar-refractivity contribution >= 4 is 0 Å². The molecular formula is C61H116. The second kappa shape index (κ2) is 48.7. The van der Waals surface area contributed by atoms with Crippen LogP contribution in [0.1, 0.15) is 351 Å². The third kappa shape index (κ3) is 40.5. The highest BCUT2D eigenvalue weighted by molar-refractivity contribution is 5.39. The summed E-state index contributed by atoms with van der Waals surface area (Å²) in [6, 6.07) is 5.20. The second-order valence-electron chi connectivity index (χ2n) is 20.7. The Balaban J connectivity index is 2.37. The molecule has 0 aliphatic rings. The van der Waals surface area contributed by atoms with Crippen molar-refractivity contribution in [3.63, 3.8) is 0 Å². The van der Waals surface area contributed by atoms with E-state index in [0.29, 0.717) is 0 Å². The van der Waals surface area contributed by atoms with Crippen LogP contribution in [-0.4, -0.2) is 0 Å². The maximum atomic E-state index is 2.60. The molecule has 0 aliphatic carbocycles. The van der Waals surface area contributed by atoms with E-state index in [9.17, 15) is 0 Å². The lowest BCUT2D eigenvalue weighted by Crippen LogP contribution is -2.03. The summed E-state index contributed by atoms with van der Waals surface area (Å²) in [5.41, 5.74) is 6.78. The van der Waals surface area contributed by atoms with Gasteiger partial charge in [0, 0.05) is 0 Å². The molecule has 0 fully saturated rings. The van der Waals surface area contributed by atoms with Gasteiger partial charge in [0.15, 0.2) is 0 Å². The number of hydrogen-bond acceptors (Lipinski definition) is 0.